The number of fused-ring (bicyclic) bond motifs is 2. The minimum atomic E-state index is -0.633. The number of carbonyl (C=O) groups excluding carboxylic acids is 4. The third kappa shape index (κ3) is 14.3. The number of nitrogens with zero attached hydrogens (tertiary/aromatic N) is 6. The van der Waals surface area contributed by atoms with Gasteiger partial charge in [-0.25, -0.2) is 17.6 Å². The number of amides is 4. The fourth-order valence-corrected chi connectivity index (χ4v) is 12.1. The second-order valence-electron chi connectivity index (χ2n) is 22.6. The van der Waals surface area contributed by atoms with Crippen LogP contribution in [0, 0.1) is 23.3 Å². The van der Waals surface area contributed by atoms with E-state index in [4.69, 9.17) is 9.47 Å². The minimum Gasteiger partial charge on any atom is -0.381 e. The molecule has 0 aromatic heterocycles. The van der Waals surface area contributed by atoms with Crippen LogP contribution in [0.2, 0.25) is 0 Å². The summed E-state index contributed by atoms with van der Waals surface area (Å²) in [4.78, 5) is 69.9. The molecular weight excluding hydrogens is 1100 g/mol. The molecule has 86 heavy (non-hydrogen) atoms. The summed E-state index contributed by atoms with van der Waals surface area (Å²) in [6, 6.07) is 30.2. The summed E-state index contributed by atoms with van der Waals surface area (Å²) >= 11 is 0. The van der Waals surface area contributed by atoms with Crippen molar-refractivity contribution in [1.29, 1.82) is 0 Å². The van der Waals surface area contributed by atoms with Gasteiger partial charge in [0.1, 0.15) is 34.9 Å². The molecule has 0 spiro atoms. The van der Waals surface area contributed by atoms with Gasteiger partial charge in [-0.15, -0.1) is 0 Å². The van der Waals surface area contributed by atoms with E-state index in [1.54, 1.807) is 17.9 Å². The zero-order chi connectivity index (χ0) is 59.8. The van der Waals surface area contributed by atoms with Crippen LogP contribution in [0.25, 0.3) is 0 Å². The van der Waals surface area contributed by atoms with Gasteiger partial charge in [-0.2, -0.15) is 0 Å². The molecule has 6 aromatic rings. The lowest BCUT2D eigenvalue weighted by molar-refractivity contribution is -0.129. The maximum absolute atomic E-state index is 14.0. The molecule has 4 amide bonds. The van der Waals surface area contributed by atoms with Crippen molar-refractivity contribution in [2.45, 2.75) is 77.5 Å². The van der Waals surface area contributed by atoms with Gasteiger partial charge in [-0.3, -0.25) is 29.2 Å². The number of rotatable bonds is 12. The minimum absolute atomic E-state index is 0.0426. The van der Waals surface area contributed by atoms with Crippen molar-refractivity contribution in [1.82, 2.24) is 20.9 Å². The number of carbonyl (C=O) groups is 4. The summed E-state index contributed by atoms with van der Waals surface area (Å²) in [5.74, 6) is -2.30. The SMILES string of the molecule is CC(=O)N1CCN(c2ccc(C(=O)NC3=NCc4ccc(Cc5cc(F)cc(F)c5)cc43)c(N(C(C)=O)C3CCOCC3)c2)CC1.O=C(NC1=NCc2ccc(Cc3cc(F)cc(F)c3)cc21)c1ccc(N2CCNCC2)cc1NC1CCOCC1. The highest BCUT2D eigenvalue weighted by Crippen LogP contribution is 2.34. The van der Waals surface area contributed by atoms with Crippen LogP contribution < -0.4 is 36.0 Å². The Balaban J connectivity index is 0.000000180. The van der Waals surface area contributed by atoms with Gasteiger partial charge < -0.3 is 50.3 Å². The molecule has 12 rings (SSSR count). The molecule has 6 heterocycles. The van der Waals surface area contributed by atoms with E-state index in [-0.39, 0.29) is 29.8 Å². The summed E-state index contributed by atoms with van der Waals surface area (Å²) in [5, 5.41) is 13.0. The van der Waals surface area contributed by atoms with Gasteiger partial charge in [0.05, 0.1) is 29.9 Å². The Hall–Kier alpha value is -8.46. The van der Waals surface area contributed by atoms with Crippen molar-refractivity contribution in [2.75, 3.05) is 98.8 Å². The predicted molar refractivity (Wildman–Crippen MR) is 324 cm³/mol. The normalized spacial score (nSPS) is 16.9. The van der Waals surface area contributed by atoms with Crippen molar-refractivity contribution in [2.24, 2.45) is 9.98 Å². The molecule has 0 atom stereocenters. The maximum atomic E-state index is 14.0. The van der Waals surface area contributed by atoms with Crippen LogP contribution in [0.15, 0.2) is 119 Å². The zero-order valence-corrected chi connectivity index (χ0v) is 48.3. The second kappa shape index (κ2) is 26.9. The van der Waals surface area contributed by atoms with E-state index >= 15 is 0 Å². The Morgan fingerprint density at radius 2 is 1.05 bits per heavy atom. The fourth-order valence-electron chi connectivity index (χ4n) is 12.1. The molecule has 0 bridgehead atoms. The first-order valence-corrected chi connectivity index (χ1v) is 29.5. The van der Waals surface area contributed by atoms with Crippen LogP contribution in [0.4, 0.5) is 40.3 Å². The van der Waals surface area contributed by atoms with E-state index in [9.17, 15) is 36.7 Å². The molecule has 0 radical (unpaired) electrons. The quantitative estimate of drug-likeness (QED) is 0.0869. The highest BCUT2D eigenvalue weighted by atomic mass is 19.1. The fraction of sp³-hybridized carbons (Fsp3) is 0.364. The van der Waals surface area contributed by atoms with Crippen molar-refractivity contribution in [3.05, 3.63) is 188 Å². The van der Waals surface area contributed by atoms with Gasteiger partial charge in [-0.05, 0) is 145 Å². The van der Waals surface area contributed by atoms with Crippen LogP contribution in [0.5, 0.6) is 0 Å². The van der Waals surface area contributed by atoms with E-state index in [1.165, 1.54) is 31.2 Å². The van der Waals surface area contributed by atoms with Crippen molar-refractivity contribution in [3.8, 4) is 0 Å². The number of hydrogen-bond donors (Lipinski definition) is 4. The topological polar surface area (TPSA) is 173 Å². The van der Waals surface area contributed by atoms with Crippen LogP contribution in [0.3, 0.4) is 0 Å². The van der Waals surface area contributed by atoms with E-state index in [0.29, 0.717) is 131 Å². The van der Waals surface area contributed by atoms with Crippen molar-refractivity contribution in [3.63, 3.8) is 0 Å². The van der Waals surface area contributed by atoms with Gasteiger partial charge in [0, 0.05) is 145 Å². The van der Waals surface area contributed by atoms with Crippen LogP contribution in [-0.2, 0) is 45.0 Å². The third-order valence-electron chi connectivity index (χ3n) is 16.6. The first kappa shape index (κ1) is 59.3. The maximum Gasteiger partial charge on any atom is 0.258 e. The van der Waals surface area contributed by atoms with Gasteiger partial charge in [0.25, 0.3) is 11.8 Å². The summed E-state index contributed by atoms with van der Waals surface area (Å²) in [6.07, 6.45) is 3.76. The number of nitrogens with one attached hydrogen (secondary N) is 4. The molecule has 20 heteroatoms. The molecule has 4 fully saturated rings. The lowest BCUT2D eigenvalue weighted by Crippen LogP contribution is -2.48. The molecule has 0 saturated carbocycles. The number of benzene rings is 6. The van der Waals surface area contributed by atoms with Crippen LogP contribution >= 0.6 is 0 Å². The van der Waals surface area contributed by atoms with Crippen LogP contribution in [0.1, 0.15) is 105 Å². The summed E-state index contributed by atoms with van der Waals surface area (Å²) < 4.78 is 66.1. The Morgan fingerprint density at radius 3 is 1.57 bits per heavy atom. The van der Waals surface area contributed by atoms with Crippen LogP contribution in [-0.4, -0.2) is 131 Å². The lowest BCUT2D eigenvalue weighted by Gasteiger charge is -2.38. The Labute approximate surface area is 497 Å². The highest BCUT2D eigenvalue weighted by Gasteiger charge is 2.32. The number of hydrogen-bond acceptors (Lipinski definition) is 12. The number of amidine groups is 2. The van der Waals surface area contributed by atoms with E-state index in [2.05, 4.69) is 47.1 Å². The molecule has 6 aliphatic heterocycles. The first-order chi connectivity index (χ1) is 41.7. The largest absolute Gasteiger partial charge is 0.381 e. The number of anilines is 4. The molecule has 0 aliphatic carbocycles. The molecule has 4 N–H and O–H groups in total. The molecule has 0 unspecified atom stereocenters. The highest BCUT2D eigenvalue weighted by molar-refractivity contribution is 6.17. The first-order valence-electron chi connectivity index (χ1n) is 29.5. The van der Waals surface area contributed by atoms with Gasteiger partial charge in [-0.1, -0.05) is 24.3 Å². The van der Waals surface area contributed by atoms with E-state index in [1.807, 2.05) is 65.6 Å². The average molecular weight is 1180 g/mol. The van der Waals surface area contributed by atoms with E-state index < -0.39 is 29.2 Å². The van der Waals surface area contributed by atoms with E-state index in [0.717, 1.165) is 102 Å². The number of aliphatic imine (C=N–C) groups is 2. The molecule has 6 aromatic carbocycles. The van der Waals surface area contributed by atoms with Gasteiger partial charge in [0.2, 0.25) is 11.8 Å². The van der Waals surface area contributed by atoms with Crippen molar-refractivity contribution >= 4 is 58.0 Å². The molecular formula is C66H70F4N10O6. The Kier molecular flexibility index (Phi) is 18.5. The Bertz CT molecular complexity index is 3550. The van der Waals surface area contributed by atoms with Gasteiger partial charge in [0.15, 0.2) is 0 Å². The second-order valence-corrected chi connectivity index (χ2v) is 22.6. The zero-order valence-electron chi connectivity index (χ0n) is 48.3. The summed E-state index contributed by atoms with van der Waals surface area (Å²) in [5.41, 5.74) is 10.5. The lowest BCUT2D eigenvalue weighted by atomic mass is 9.99. The molecule has 448 valence electrons. The Morgan fingerprint density at radius 1 is 0.558 bits per heavy atom. The molecule has 6 aliphatic rings. The number of ether oxygens (including phenoxy) is 2. The predicted octanol–water partition coefficient (Wildman–Crippen LogP) is 8.69. The molecule has 4 saturated heterocycles. The summed E-state index contributed by atoms with van der Waals surface area (Å²) in [7, 11) is 0. The molecule has 16 nitrogen and oxygen atoms in total. The third-order valence-corrected chi connectivity index (χ3v) is 16.6. The standard InChI is InChI=1S/C35H37F2N5O4.C31H33F2N5O2/c1-22(43)40-9-11-41(12-10-40)30-5-6-31(33(20-30)42(23(2)44)29-7-13-46-14-8-29)35(45)39-34-32-18-24(3-4-26(32)21-38-34)15-25-16-27(36)19-28(37)17-25;32-23-14-21(15-24(33)17-23)13-20-1-2-22-19-35-30(28(22)16-20)37-31(39)27-4-3-26(38-9-7-34-8-10-38)18-29(27)36-25-5-11-40-12-6-25/h3-6,16-20,29H,7-15,21H2,1-2H3,(H,38,39,45);1-4,14-18,25,34,36H,5-13,19H2,(H,35,37,39). The van der Waals surface area contributed by atoms with Crippen molar-refractivity contribution < 1.29 is 46.2 Å². The monoisotopic (exact) mass is 1170 g/mol. The number of piperazine rings is 2. The summed E-state index contributed by atoms with van der Waals surface area (Å²) in [6.45, 7) is 12.6. The number of halogens is 4. The average Bonchev–Trinajstić information content (AvgIpc) is 2.99. The smallest absolute Gasteiger partial charge is 0.258 e. The van der Waals surface area contributed by atoms with Gasteiger partial charge >= 0.3 is 0 Å².